The first-order valence-electron chi connectivity index (χ1n) is 5.64. The largest absolute Gasteiger partial charge is 0.381 e. The number of Topliss-reactive ketones (excluding diaryl/α,β-unsaturated/α-hetero) is 1. The molecule has 0 heterocycles. The van der Waals surface area contributed by atoms with Gasteiger partial charge in [0.25, 0.3) is 0 Å². The van der Waals surface area contributed by atoms with Crippen molar-refractivity contribution in [3.63, 3.8) is 0 Å². The summed E-state index contributed by atoms with van der Waals surface area (Å²) in [5, 5.41) is 0. The second-order valence-corrected chi connectivity index (χ2v) is 4.52. The number of carbonyl (C=O) groups is 1. The molecule has 0 unspecified atom stereocenters. The molecular weight excluding hydrogens is 176 g/mol. The lowest BCUT2D eigenvalue weighted by Gasteiger charge is -2.06. The predicted molar refractivity (Wildman–Crippen MR) is 59.4 cm³/mol. The van der Waals surface area contributed by atoms with Crippen molar-refractivity contribution < 1.29 is 9.53 Å². The van der Waals surface area contributed by atoms with Gasteiger partial charge in [-0.2, -0.15) is 0 Å². The Morgan fingerprint density at radius 2 is 1.79 bits per heavy atom. The molecule has 0 saturated heterocycles. The maximum atomic E-state index is 11.2. The Hall–Kier alpha value is -0.370. The molecule has 84 valence electrons. The Kier molecular flexibility index (Phi) is 7.77. The first kappa shape index (κ1) is 13.6. The van der Waals surface area contributed by atoms with Crippen LogP contribution in [-0.4, -0.2) is 19.0 Å². The van der Waals surface area contributed by atoms with Crippen LogP contribution in [0.4, 0.5) is 0 Å². The van der Waals surface area contributed by atoms with Crippen LogP contribution in [0, 0.1) is 11.8 Å². The summed E-state index contributed by atoms with van der Waals surface area (Å²) in [6.45, 7) is 9.67. The highest BCUT2D eigenvalue weighted by atomic mass is 16.5. The van der Waals surface area contributed by atoms with Gasteiger partial charge >= 0.3 is 0 Å². The third kappa shape index (κ3) is 8.24. The monoisotopic (exact) mass is 200 g/mol. The van der Waals surface area contributed by atoms with Crippen molar-refractivity contribution in [2.45, 2.75) is 47.0 Å². The summed E-state index contributed by atoms with van der Waals surface area (Å²) in [7, 11) is 0. The van der Waals surface area contributed by atoms with Crippen molar-refractivity contribution in [1.29, 1.82) is 0 Å². The molecule has 0 aliphatic rings. The van der Waals surface area contributed by atoms with Crippen LogP contribution in [0.15, 0.2) is 0 Å². The Morgan fingerprint density at radius 3 is 2.29 bits per heavy atom. The normalized spacial score (nSPS) is 11.3. The molecule has 0 aliphatic carbocycles. The van der Waals surface area contributed by atoms with E-state index < -0.39 is 0 Å². The third-order valence-corrected chi connectivity index (χ3v) is 2.21. The summed E-state index contributed by atoms with van der Waals surface area (Å²) in [4.78, 5) is 11.2. The molecule has 0 fully saturated rings. The van der Waals surface area contributed by atoms with Crippen LogP contribution in [0.3, 0.4) is 0 Å². The number of hydrogen-bond donors (Lipinski definition) is 0. The minimum atomic E-state index is 0.147. The molecule has 0 aliphatic heterocycles. The molecule has 2 heteroatoms. The van der Waals surface area contributed by atoms with Crippen molar-refractivity contribution in [3.8, 4) is 0 Å². The summed E-state index contributed by atoms with van der Waals surface area (Å²) < 4.78 is 5.38. The van der Waals surface area contributed by atoms with Crippen molar-refractivity contribution in [2.75, 3.05) is 13.2 Å². The van der Waals surface area contributed by atoms with Gasteiger partial charge in [0.15, 0.2) is 0 Å². The molecule has 0 radical (unpaired) electrons. The number of hydrogen-bond acceptors (Lipinski definition) is 2. The van der Waals surface area contributed by atoms with Gasteiger partial charge < -0.3 is 4.74 Å². The molecule has 0 spiro atoms. The first-order valence-corrected chi connectivity index (χ1v) is 5.64. The quantitative estimate of drug-likeness (QED) is 0.563. The maximum Gasteiger partial charge on any atom is 0.137 e. The van der Waals surface area contributed by atoms with Gasteiger partial charge in [0.1, 0.15) is 5.78 Å². The molecule has 2 nitrogen and oxygen atoms in total. The van der Waals surface area contributed by atoms with Crippen LogP contribution >= 0.6 is 0 Å². The average Bonchev–Trinajstić information content (AvgIpc) is 2.09. The molecule has 0 saturated carbocycles. The Morgan fingerprint density at radius 1 is 1.14 bits per heavy atom. The second-order valence-electron chi connectivity index (χ2n) is 4.52. The zero-order chi connectivity index (χ0) is 11.0. The van der Waals surface area contributed by atoms with Gasteiger partial charge in [0.2, 0.25) is 0 Å². The van der Waals surface area contributed by atoms with Crippen molar-refractivity contribution >= 4 is 5.78 Å². The van der Waals surface area contributed by atoms with Crippen LogP contribution in [0.5, 0.6) is 0 Å². The Bertz CT molecular complexity index is 150. The van der Waals surface area contributed by atoms with Crippen LogP contribution in [-0.2, 0) is 9.53 Å². The van der Waals surface area contributed by atoms with E-state index in [4.69, 9.17) is 4.74 Å². The van der Waals surface area contributed by atoms with Gasteiger partial charge in [-0.1, -0.05) is 27.7 Å². The van der Waals surface area contributed by atoms with Gasteiger partial charge in [-0.3, -0.25) is 4.79 Å². The molecule has 0 aromatic rings. The van der Waals surface area contributed by atoms with E-state index in [0.717, 1.165) is 18.9 Å². The molecule has 0 aromatic carbocycles. The molecule has 0 N–H and O–H groups in total. The smallest absolute Gasteiger partial charge is 0.137 e. The number of ether oxygens (including phenoxy) is 1. The summed E-state index contributed by atoms with van der Waals surface area (Å²) in [6, 6.07) is 0. The van der Waals surface area contributed by atoms with E-state index >= 15 is 0 Å². The van der Waals surface area contributed by atoms with E-state index in [1.54, 1.807) is 0 Å². The maximum absolute atomic E-state index is 11.2. The van der Waals surface area contributed by atoms with Crippen molar-refractivity contribution in [1.82, 2.24) is 0 Å². The standard InChI is InChI=1S/C12H24O2/c1-10(2)6-5-8-14-9-7-12(13)11(3)4/h10-11H,5-9H2,1-4H3. The first-order chi connectivity index (χ1) is 6.54. The average molecular weight is 200 g/mol. The molecular formula is C12H24O2. The number of carbonyl (C=O) groups excluding carboxylic acids is 1. The zero-order valence-corrected chi connectivity index (χ0v) is 10.0. The molecule has 0 amide bonds. The van der Waals surface area contributed by atoms with E-state index in [-0.39, 0.29) is 5.92 Å². The highest BCUT2D eigenvalue weighted by Crippen LogP contribution is 2.04. The van der Waals surface area contributed by atoms with E-state index in [1.165, 1.54) is 6.42 Å². The molecule has 0 aromatic heterocycles. The van der Waals surface area contributed by atoms with E-state index in [9.17, 15) is 4.79 Å². The highest BCUT2D eigenvalue weighted by Gasteiger charge is 2.05. The topological polar surface area (TPSA) is 26.3 Å². The van der Waals surface area contributed by atoms with E-state index in [2.05, 4.69) is 13.8 Å². The lowest BCUT2D eigenvalue weighted by atomic mass is 10.1. The summed E-state index contributed by atoms with van der Waals surface area (Å²) >= 11 is 0. The SMILES string of the molecule is CC(C)CCCOCCC(=O)C(C)C. The van der Waals surface area contributed by atoms with Gasteiger partial charge in [0.05, 0.1) is 6.61 Å². The van der Waals surface area contributed by atoms with Crippen LogP contribution in [0.25, 0.3) is 0 Å². The lowest BCUT2D eigenvalue weighted by Crippen LogP contribution is -2.10. The summed E-state index contributed by atoms with van der Waals surface area (Å²) in [5.74, 6) is 1.19. The minimum Gasteiger partial charge on any atom is -0.381 e. The van der Waals surface area contributed by atoms with Gasteiger partial charge in [-0.15, -0.1) is 0 Å². The van der Waals surface area contributed by atoms with Crippen molar-refractivity contribution in [2.24, 2.45) is 11.8 Å². The molecule has 0 atom stereocenters. The second kappa shape index (κ2) is 7.98. The van der Waals surface area contributed by atoms with E-state index in [0.29, 0.717) is 18.8 Å². The minimum absolute atomic E-state index is 0.147. The number of rotatable bonds is 8. The van der Waals surface area contributed by atoms with Gasteiger partial charge in [-0.05, 0) is 18.8 Å². The molecule has 0 rings (SSSR count). The van der Waals surface area contributed by atoms with Gasteiger partial charge in [0, 0.05) is 18.9 Å². The van der Waals surface area contributed by atoms with Crippen LogP contribution < -0.4 is 0 Å². The van der Waals surface area contributed by atoms with Crippen LogP contribution in [0.1, 0.15) is 47.0 Å². The third-order valence-electron chi connectivity index (χ3n) is 2.21. The molecule has 0 bridgehead atoms. The summed E-state index contributed by atoms with van der Waals surface area (Å²) in [6.07, 6.45) is 2.88. The Labute approximate surface area is 88.0 Å². The predicted octanol–water partition coefficient (Wildman–Crippen LogP) is 3.05. The number of ketones is 1. The van der Waals surface area contributed by atoms with Crippen molar-refractivity contribution in [3.05, 3.63) is 0 Å². The summed E-state index contributed by atoms with van der Waals surface area (Å²) in [5.41, 5.74) is 0. The fraction of sp³-hybridized carbons (Fsp3) is 0.917. The lowest BCUT2D eigenvalue weighted by molar-refractivity contribution is -0.122. The molecule has 14 heavy (non-hydrogen) atoms. The van der Waals surface area contributed by atoms with Crippen LogP contribution in [0.2, 0.25) is 0 Å². The van der Waals surface area contributed by atoms with Gasteiger partial charge in [-0.25, -0.2) is 0 Å². The fourth-order valence-corrected chi connectivity index (χ4v) is 1.16. The zero-order valence-electron chi connectivity index (χ0n) is 10.0. The fourth-order valence-electron chi connectivity index (χ4n) is 1.16. The highest BCUT2D eigenvalue weighted by molar-refractivity contribution is 5.80. The Balaban J connectivity index is 3.18. The van der Waals surface area contributed by atoms with E-state index in [1.807, 2.05) is 13.8 Å².